The van der Waals surface area contributed by atoms with Crippen LogP contribution < -0.4 is 10.6 Å². The molecule has 0 aliphatic carbocycles. The van der Waals surface area contributed by atoms with Crippen LogP contribution in [-0.2, 0) is 19.2 Å². The van der Waals surface area contributed by atoms with Crippen LogP contribution in [0, 0.1) is 11.6 Å². The number of amides is 3. The molecule has 3 amide bonds. The summed E-state index contributed by atoms with van der Waals surface area (Å²) in [4.78, 5) is 54.2. The quantitative estimate of drug-likeness (QED) is 0.469. The van der Waals surface area contributed by atoms with Crippen molar-refractivity contribution in [3.63, 3.8) is 0 Å². The molecule has 0 saturated carbocycles. The molecule has 5 atom stereocenters. The smallest absolute Gasteiger partial charge is 0.243 e. The molecule has 2 aliphatic heterocycles. The number of rotatable bonds is 8. The predicted molar refractivity (Wildman–Crippen MR) is 139 cm³/mol. The van der Waals surface area contributed by atoms with Gasteiger partial charge in [-0.2, -0.15) is 5.06 Å². The van der Waals surface area contributed by atoms with Crippen LogP contribution in [0.25, 0.3) is 11.3 Å². The molecule has 0 bridgehead atoms. The fourth-order valence-electron chi connectivity index (χ4n) is 5.16. The number of aromatic amines is 1. The van der Waals surface area contributed by atoms with Crippen molar-refractivity contribution in [1.29, 1.82) is 0 Å². The number of piperidine rings is 1. The van der Waals surface area contributed by atoms with E-state index in [1.165, 1.54) is 17.3 Å². The Balaban J connectivity index is 1.47. The van der Waals surface area contributed by atoms with Gasteiger partial charge in [0.25, 0.3) is 0 Å². The fraction of sp³-hybridized carbons (Fsp3) is 0.556. The molecule has 39 heavy (non-hydrogen) atoms. The highest BCUT2D eigenvalue weighted by Gasteiger charge is 2.37. The molecule has 2 fully saturated rings. The van der Waals surface area contributed by atoms with Crippen LogP contribution >= 0.6 is 0 Å². The van der Waals surface area contributed by atoms with E-state index in [0.29, 0.717) is 24.5 Å². The first-order valence-corrected chi connectivity index (χ1v) is 13.3. The van der Waals surface area contributed by atoms with Crippen LogP contribution in [-0.4, -0.2) is 75.5 Å². The van der Waals surface area contributed by atoms with Crippen LogP contribution in [0.5, 0.6) is 0 Å². The molecule has 10 nitrogen and oxygen atoms in total. The van der Waals surface area contributed by atoms with E-state index < -0.39 is 41.6 Å². The first kappa shape index (κ1) is 28.6. The van der Waals surface area contributed by atoms with Gasteiger partial charge in [-0.25, -0.2) is 13.8 Å². The second kappa shape index (κ2) is 12.2. The van der Waals surface area contributed by atoms with Gasteiger partial charge in [-0.1, -0.05) is 0 Å². The van der Waals surface area contributed by atoms with Crippen molar-refractivity contribution in [2.75, 3.05) is 13.6 Å². The maximum atomic E-state index is 14.2. The molecule has 2 aromatic rings. The second-order valence-electron chi connectivity index (χ2n) is 10.4. The number of likely N-dealkylation sites (tertiary alicyclic amines) is 1. The Morgan fingerprint density at radius 3 is 2.64 bits per heavy atom. The molecular weight excluding hydrogens is 510 g/mol. The van der Waals surface area contributed by atoms with Crippen LogP contribution in [0.2, 0.25) is 0 Å². The molecular formula is C27H36F2N6O4. The van der Waals surface area contributed by atoms with Crippen molar-refractivity contribution in [2.45, 2.75) is 83.1 Å². The molecule has 2 saturated heterocycles. The number of carbonyl (C=O) groups is 3. The Morgan fingerprint density at radius 1 is 1.21 bits per heavy atom. The minimum atomic E-state index is -1.12. The van der Waals surface area contributed by atoms with E-state index in [2.05, 4.69) is 20.6 Å². The standard InChI is InChI=1S/C27H36F2N6O4/c1-15-7-5-6-10-35(15)24(36)13-21(33-27(38)23-11-16(2)39-34(23)4)26(37)31-17(3)25-30-14-22(32-25)19-9-8-18(28)12-20(19)29/h8-9,12,14-17,21,23H,5-7,10-11,13H2,1-4H3,(H,30,32)(H,31,37)(H,33,38)/t15-,16?,17-,21-,23?/m0/s1. The summed E-state index contributed by atoms with van der Waals surface area (Å²) in [5, 5.41) is 7.03. The molecule has 0 spiro atoms. The fourth-order valence-corrected chi connectivity index (χ4v) is 5.16. The largest absolute Gasteiger partial charge is 0.345 e. The Bertz CT molecular complexity index is 1190. The number of hydroxylamine groups is 2. The Kier molecular flexibility index (Phi) is 8.96. The Labute approximate surface area is 226 Å². The highest BCUT2D eigenvalue weighted by atomic mass is 19.1. The van der Waals surface area contributed by atoms with Gasteiger partial charge in [0.15, 0.2) is 0 Å². The Hall–Kier alpha value is -3.38. The summed E-state index contributed by atoms with van der Waals surface area (Å²) >= 11 is 0. The van der Waals surface area contributed by atoms with Gasteiger partial charge >= 0.3 is 0 Å². The number of H-pyrrole nitrogens is 1. The average molecular weight is 547 g/mol. The zero-order chi connectivity index (χ0) is 28.3. The van der Waals surface area contributed by atoms with Crippen molar-refractivity contribution in [1.82, 2.24) is 30.6 Å². The lowest BCUT2D eigenvalue weighted by atomic mass is 10.0. The number of hydrogen-bond donors (Lipinski definition) is 3. The van der Waals surface area contributed by atoms with Crippen LogP contribution in [0.15, 0.2) is 24.4 Å². The topological polar surface area (TPSA) is 120 Å². The average Bonchev–Trinajstić information content (AvgIpc) is 3.50. The normalized spacial score (nSPS) is 23.3. The van der Waals surface area contributed by atoms with Crippen molar-refractivity contribution in [3.05, 3.63) is 41.9 Å². The summed E-state index contributed by atoms with van der Waals surface area (Å²) in [7, 11) is 1.66. The van der Waals surface area contributed by atoms with Gasteiger partial charge < -0.3 is 20.5 Å². The number of nitrogens with zero attached hydrogens (tertiary/aromatic N) is 3. The van der Waals surface area contributed by atoms with E-state index in [9.17, 15) is 23.2 Å². The van der Waals surface area contributed by atoms with E-state index in [1.807, 2.05) is 13.8 Å². The number of imidazole rings is 1. The van der Waals surface area contributed by atoms with Crippen molar-refractivity contribution in [2.24, 2.45) is 0 Å². The highest BCUT2D eigenvalue weighted by molar-refractivity contribution is 5.93. The third kappa shape index (κ3) is 6.80. The van der Waals surface area contributed by atoms with Crippen LogP contribution in [0.3, 0.4) is 0 Å². The monoisotopic (exact) mass is 546 g/mol. The first-order valence-electron chi connectivity index (χ1n) is 13.3. The van der Waals surface area contributed by atoms with Gasteiger partial charge in [0, 0.05) is 37.7 Å². The van der Waals surface area contributed by atoms with Gasteiger partial charge in [0.05, 0.1) is 30.5 Å². The van der Waals surface area contributed by atoms with E-state index in [-0.39, 0.29) is 30.0 Å². The zero-order valence-electron chi connectivity index (χ0n) is 22.7. The lowest BCUT2D eigenvalue weighted by molar-refractivity contribution is -0.155. The number of carbonyl (C=O) groups excluding carboxylic acids is 3. The number of aromatic nitrogens is 2. The number of benzene rings is 1. The van der Waals surface area contributed by atoms with Gasteiger partial charge in [-0.3, -0.25) is 19.2 Å². The molecule has 3 N–H and O–H groups in total. The third-order valence-corrected chi connectivity index (χ3v) is 7.36. The van der Waals surface area contributed by atoms with Gasteiger partial charge in [0.2, 0.25) is 17.7 Å². The summed E-state index contributed by atoms with van der Waals surface area (Å²) in [6.07, 6.45) is 4.35. The summed E-state index contributed by atoms with van der Waals surface area (Å²) in [6, 6.07) is 0.927. The molecule has 2 aliphatic rings. The summed E-state index contributed by atoms with van der Waals surface area (Å²) < 4.78 is 27.5. The van der Waals surface area contributed by atoms with E-state index in [1.54, 1.807) is 18.9 Å². The van der Waals surface area contributed by atoms with Crippen molar-refractivity contribution in [3.8, 4) is 11.3 Å². The number of hydrogen-bond acceptors (Lipinski definition) is 6. The SMILES string of the molecule is CC1CC(C(=O)N[C@@H](CC(=O)N2CCCC[C@@H]2C)C(=O)N[C@@H](C)c2ncc(-c3ccc(F)cc3F)[nH]2)N(C)O1. The van der Waals surface area contributed by atoms with Gasteiger partial charge in [-0.05, 0) is 52.2 Å². The molecule has 12 heteroatoms. The minimum absolute atomic E-state index is 0.0631. The molecule has 2 unspecified atom stereocenters. The summed E-state index contributed by atoms with van der Waals surface area (Å²) in [5.74, 6) is -2.25. The number of nitrogens with one attached hydrogen (secondary N) is 3. The lowest BCUT2D eigenvalue weighted by Crippen LogP contribution is -2.54. The van der Waals surface area contributed by atoms with E-state index >= 15 is 0 Å². The number of halogens is 2. The number of likely N-dealkylation sites (N-methyl/N-ethyl adjacent to an activating group) is 1. The second-order valence-corrected chi connectivity index (χ2v) is 10.4. The van der Waals surface area contributed by atoms with Crippen LogP contribution in [0.1, 0.15) is 64.7 Å². The lowest BCUT2D eigenvalue weighted by Gasteiger charge is -2.34. The molecule has 212 valence electrons. The summed E-state index contributed by atoms with van der Waals surface area (Å²) in [6.45, 7) is 6.13. The summed E-state index contributed by atoms with van der Waals surface area (Å²) in [5.41, 5.74) is 0.457. The Morgan fingerprint density at radius 2 is 1.97 bits per heavy atom. The van der Waals surface area contributed by atoms with Gasteiger partial charge in [-0.15, -0.1) is 0 Å². The van der Waals surface area contributed by atoms with E-state index in [0.717, 1.165) is 31.4 Å². The third-order valence-electron chi connectivity index (χ3n) is 7.36. The molecule has 1 aromatic carbocycles. The minimum Gasteiger partial charge on any atom is -0.345 e. The molecule has 4 rings (SSSR count). The van der Waals surface area contributed by atoms with Crippen molar-refractivity contribution >= 4 is 17.7 Å². The maximum absolute atomic E-state index is 14.2. The maximum Gasteiger partial charge on any atom is 0.243 e. The van der Waals surface area contributed by atoms with Crippen LogP contribution in [0.4, 0.5) is 8.78 Å². The molecule has 0 radical (unpaired) electrons. The zero-order valence-corrected chi connectivity index (χ0v) is 22.7. The molecule has 1 aromatic heterocycles. The first-order chi connectivity index (χ1) is 18.5. The van der Waals surface area contributed by atoms with E-state index in [4.69, 9.17) is 4.84 Å². The predicted octanol–water partition coefficient (Wildman–Crippen LogP) is 2.83. The molecule has 3 heterocycles. The highest BCUT2D eigenvalue weighted by Crippen LogP contribution is 2.24. The van der Waals surface area contributed by atoms with Crippen molar-refractivity contribution < 1.29 is 28.0 Å². The van der Waals surface area contributed by atoms with Gasteiger partial charge in [0.1, 0.15) is 29.5 Å².